The SMILES string of the molecule is CC1=CC=C(Nc2ccc3c(-c4ccc(S(=O)(=O)O)cc4S(=O)(=O)O)c4ccc(=Nc5ccc(C)cc5C)cc-4oc3c2)C1C. The number of nitrogens with one attached hydrogen (secondary N) is 1. The smallest absolute Gasteiger partial charge is 0.295 e. The van der Waals surface area contributed by atoms with Gasteiger partial charge in [0, 0.05) is 51.5 Å². The van der Waals surface area contributed by atoms with Crippen LogP contribution in [-0.4, -0.2) is 25.9 Å². The molecule has 0 bridgehead atoms. The van der Waals surface area contributed by atoms with Gasteiger partial charge in [-0.15, -0.1) is 0 Å². The first kappa shape index (κ1) is 30.5. The fourth-order valence-electron chi connectivity index (χ4n) is 5.54. The van der Waals surface area contributed by atoms with E-state index in [9.17, 15) is 25.9 Å². The topological polar surface area (TPSA) is 146 Å². The van der Waals surface area contributed by atoms with Crippen molar-refractivity contribution in [3.63, 3.8) is 0 Å². The van der Waals surface area contributed by atoms with Gasteiger partial charge < -0.3 is 9.73 Å². The number of rotatable bonds is 6. The highest BCUT2D eigenvalue weighted by atomic mass is 32.2. The monoisotopic (exact) mass is 642 g/mol. The lowest BCUT2D eigenvalue weighted by Crippen LogP contribution is -2.08. The lowest BCUT2D eigenvalue weighted by atomic mass is 9.93. The van der Waals surface area contributed by atoms with Gasteiger partial charge in [-0.3, -0.25) is 9.11 Å². The molecule has 0 spiro atoms. The summed E-state index contributed by atoms with van der Waals surface area (Å²) < 4.78 is 75.2. The molecule has 0 fully saturated rings. The Morgan fingerprint density at radius 3 is 2.22 bits per heavy atom. The number of aryl methyl sites for hydroxylation is 2. The molecule has 1 atom stereocenters. The van der Waals surface area contributed by atoms with Crippen molar-refractivity contribution in [3.8, 4) is 22.5 Å². The molecule has 6 rings (SSSR count). The zero-order valence-electron chi connectivity index (χ0n) is 24.9. The fraction of sp³-hybridized carbons (Fsp3) is 0.147. The summed E-state index contributed by atoms with van der Waals surface area (Å²) in [4.78, 5) is 3.45. The van der Waals surface area contributed by atoms with Crippen molar-refractivity contribution in [2.24, 2.45) is 10.9 Å². The molecule has 1 unspecified atom stereocenters. The van der Waals surface area contributed by atoms with Gasteiger partial charge in [-0.2, -0.15) is 16.8 Å². The van der Waals surface area contributed by atoms with Crippen LogP contribution in [0.4, 0.5) is 11.4 Å². The van der Waals surface area contributed by atoms with Gasteiger partial charge in [0.25, 0.3) is 20.2 Å². The summed E-state index contributed by atoms with van der Waals surface area (Å²) in [6, 6.07) is 19.7. The van der Waals surface area contributed by atoms with E-state index < -0.39 is 30.0 Å². The van der Waals surface area contributed by atoms with Gasteiger partial charge in [-0.05, 0) is 74.9 Å². The Hall–Kier alpha value is -4.55. The normalized spacial score (nSPS) is 15.9. The number of nitrogens with zero attached hydrogens (tertiary/aromatic N) is 1. The molecule has 0 saturated carbocycles. The summed E-state index contributed by atoms with van der Waals surface area (Å²) in [7, 11) is -9.71. The predicted octanol–water partition coefficient (Wildman–Crippen LogP) is 7.44. The van der Waals surface area contributed by atoms with Crippen LogP contribution in [0.5, 0.6) is 0 Å². The average molecular weight is 643 g/mol. The van der Waals surface area contributed by atoms with Crippen LogP contribution in [0.3, 0.4) is 0 Å². The van der Waals surface area contributed by atoms with Gasteiger partial charge in [0.05, 0.1) is 15.9 Å². The Morgan fingerprint density at radius 1 is 0.800 bits per heavy atom. The molecule has 1 heterocycles. The molecule has 3 aromatic rings. The van der Waals surface area contributed by atoms with Crippen LogP contribution in [-0.2, 0) is 20.2 Å². The number of allylic oxidation sites excluding steroid dienone is 3. The second kappa shape index (κ2) is 11.1. The van der Waals surface area contributed by atoms with Crippen molar-refractivity contribution in [1.29, 1.82) is 0 Å². The molecule has 1 aliphatic heterocycles. The minimum Gasteiger partial charge on any atom is -0.456 e. The first-order valence-corrected chi connectivity index (χ1v) is 16.9. The number of benzene rings is 4. The van der Waals surface area contributed by atoms with Crippen LogP contribution >= 0.6 is 0 Å². The molecule has 45 heavy (non-hydrogen) atoms. The van der Waals surface area contributed by atoms with Crippen LogP contribution in [0.1, 0.15) is 25.0 Å². The largest absolute Gasteiger partial charge is 0.456 e. The van der Waals surface area contributed by atoms with Gasteiger partial charge >= 0.3 is 0 Å². The number of hydrogen-bond acceptors (Lipinski definition) is 7. The maximum Gasteiger partial charge on any atom is 0.295 e. The standard InChI is InChI=1S/C34H30N2O7S2/c1-19-5-13-29(21(3)15-19)35-23-7-10-26-31(16-23)43-32-17-24(36-30-14-6-20(2)22(30)4)8-11-27(32)34(26)28-12-9-25(44(37,38)39)18-33(28)45(40,41)42/h5-18,22,36H,1-4H3,(H,37,38,39)(H,40,41,42). The summed E-state index contributed by atoms with van der Waals surface area (Å²) in [6.45, 7) is 8.14. The third-order valence-corrected chi connectivity index (χ3v) is 9.81. The van der Waals surface area contributed by atoms with Crippen molar-refractivity contribution in [2.75, 3.05) is 5.32 Å². The molecule has 0 saturated heterocycles. The molecular formula is C34H30N2O7S2. The Balaban J connectivity index is 1.63. The number of fused-ring (bicyclic) bond motifs is 2. The predicted molar refractivity (Wildman–Crippen MR) is 174 cm³/mol. The maximum atomic E-state index is 12.6. The van der Waals surface area contributed by atoms with Crippen molar-refractivity contribution in [2.45, 2.75) is 37.5 Å². The van der Waals surface area contributed by atoms with Crippen molar-refractivity contribution < 1.29 is 30.4 Å². The van der Waals surface area contributed by atoms with Crippen molar-refractivity contribution in [3.05, 3.63) is 113 Å². The summed E-state index contributed by atoms with van der Waals surface area (Å²) in [6.07, 6.45) is 4.07. The number of anilines is 1. The summed E-state index contributed by atoms with van der Waals surface area (Å²) >= 11 is 0. The highest BCUT2D eigenvalue weighted by Gasteiger charge is 2.26. The van der Waals surface area contributed by atoms with Crippen LogP contribution in [0.15, 0.2) is 115 Å². The molecule has 3 aromatic carbocycles. The third-order valence-electron chi connectivity index (χ3n) is 8.07. The Bertz CT molecular complexity index is 2350. The minimum absolute atomic E-state index is 0.0300. The molecule has 0 aromatic heterocycles. The van der Waals surface area contributed by atoms with E-state index in [0.717, 1.165) is 40.3 Å². The number of hydrogen-bond donors (Lipinski definition) is 3. The molecule has 2 aliphatic carbocycles. The second-order valence-electron chi connectivity index (χ2n) is 11.3. The second-order valence-corrected chi connectivity index (χ2v) is 14.1. The quantitative estimate of drug-likeness (QED) is 0.128. The summed E-state index contributed by atoms with van der Waals surface area (Å²) in [5.41, 5.74) is 7.19. The molecule has 230 valence electrons. The Labute approximate surface area is 261 Å². The minimum atomic E-state index is -4.94. The van der Waals surface area contributed by atoms with Gasteiger partial charge in [0.15, 0.2) is 0 Å². The van der Waals surface area contributed by atoms with E-state index in [0.29, 0.717) is 33.2 Å². The Morgan fingerprint density at radius 2 is 1.56 bits per heavy atom. The molecule has 9 nitrogen and oxygen atoms in total. The molecule has 0 radical (unpaired) electrons. The van der Waals surface area contributed by atoms with Gasteiger partial charge in [0.2, 0.25) is 0 Å². The molecule has 0 amide bonds. The van der Waals surface area contributed by atoms with E-state index in [1.807, 2.05) is 44.2 Å². The average Bonchev–Trinajstić information content (AvgIpc) is 3.28. The van der Waals surface area contributed by atoms with Crippen LogP contribution in [0, 0.1) is 19.8 Å². The maximum absolute atomic E-state index is 12.6. The van der Waals surface area contributed by atoms with Gasteiger partial charge in [-0.1, -0.05) is 42.3 Å². The van der Waals surface area contributed by atoms with Crippen LogP contribution in [0.2, 0.25) is 0 Å². The molecule has 11 heteroatoms. The highest BCUT2D eigenvalue weighted by Crippen LogP contribution is 2.43. The lowest BCUT2D eigenvalue weighted by molar-refractivity contribution is 0.481. The first-order chi connectivity index (χ1) is 21.2. The zero-order valence-corrected chi connectivity index (χ0v) is 26.5. The summed E-state index contributed by atoms with van der Waals surface area (Å²) in [5.74, 6) is 0.588. The van der Waals surface area contributed by atoms with E-state index in [1.165, 1.54) is 11.6 Å². The van der Waals surface area contributed by atoms with Crippen molar-refractivity contribution in [1.82, 2.24) is 0 Å². The van der Waals surface area contributed by atoms with E-state index in [1.54, 1.807) is 30.3 Å². The van der Waals surface area contributed by atoms with Crippen LogP contribution in [0.25, 0.3) is 33.4 Å². The fourth-order valence-corrected chi connectivity index (χ4v) is 6.85. The molecular weight excluding hydrogens is 613 g/mol. The third kappa shape index (κ3) is 5.95. The van der Waals surface area contributed by atoms with E-state index in [2.05, 4.69) is 25.2 Å². The zero-order chi connectivity index (χ0) is 32.3. The molecule has 3 N–H and O–H groups in total. The highest BCUT2D eigenvalue weighted by molar-refractivity contribution is 7.86. The van der Waals surface area contributed by atoms with E-state index >= 15 is 0 Å². The van der Waals surface area contributed by atoms with Crippen molar-refractivity contribution >= 4 is 42.6 Å². The summed E-state index contributed by atoms with van der Waals surface area (Å²) in [5, 5.41) is 4.55. The Kier molecular flexibility index (Phi) is 7.52. The van der Waals surface area contributed by atoms with Crippen LogP contribution < -0.4 is 10.7 Å². The van der Waals surface area contributed by atoms with E-state index in [-0.39, 0.29) is 11.5 Å². The lowest BCUT2D eigenvalue weighted by Gasteiger charge is -2.19. The first-order valence-electron chi connectivity index (χ1n) is 14.1. The molecule has 3 aliphatic rings. The van der Waals surface area contributed by atoms with Gasteiger partial charge in [-0.25, -0.2) is 4.99 Å². The van der Waals surface area contributed by atoms with E-state index in [4.69, 9.17) is 9.41 Å². The van der Waals surface area contributed by atoms with Gasteiger partial charge in [0.1, 0.15) is 16.2 Å².